The molecule has 0 aromatic rings. The van der Waals surface area contributed by atoms with Gasteiger partial charge in [0.15, 0.2) is 0 Å². The van der Waals surface area contributed by atoms with Gasteiger partial charge < -0.3 is 19.3 Å². The molecule has 1 amide bonds. The first-order chi connectivity index (χ1) is 13.8. The van der Waals surface area contributed by atoms with Gasteiger partial charge in [-0.05, 0) is 82.5 Å². The Labute approximate surface area is 170 Å². The van der Waals surface area contributed by atoms with Crippen molar-refractivity contribution in [2.75, 3.05) is 32.9 Å². The van der Waals surface area contributed by atoms with Gasteiger partial charge in [-0.1, -0.05) is 0 Å². The molecule has 3 saturated carbocycles. The molecule has 0 aromatic carbocycles. The van der Waals surface area contributed by atoms with E-state index in [9.17, 15) is 4.79 Å². The molecule has 28 heavy (non-hydrogen) atoms. The van der Waals surface area contributed by atoms with Gasteiger partial charge in [0.05, 0.1) is 12.1 Å². The van der Waals surface area contributed by atoms with E-state index < -0.39 is 0 Å². The van der Waals surface area contributed by atoms with Crippen molar-refractivity contribution in [2.45, 2.75) is 94.9 Å². The summed E-state index contributed by atoms with van der Waals surface area (Å²) < 4.78 is 11.7. The van der Waals surface area contributed by atoms with E-state index in [0.29, 0.717) is 24.8 Å². The maximum atomic E-state index is 12.6. The second kappa shape index (κ2) is 8.61. The lowest BCUT2D eigenvalue weighted by Gasteiger charge is -2.47. The minimum absolute atomic E-state index is 0.244. The molecule has 5 fully saturated rings. The Morgan fingerprint density at radius 3 is 2.18 bits per heavy atom. The van der Waals surface area contributed by atoms with E-state index in [-0.39, 0.29) is 5.91 Å². The van der Waals surface area contributed by atoms with Gasteiger partial charge in [0.2, 0.25) is 5.91 Å². The number of carbonyl (C=O) groups is 1. The summed E-state index contributed by atoms with van der Waals surface area (Å²) in [7, 11) is 0. The van der Waals surface area contributed by atoms with Crippen LogP contribution in [0.4, 0.5) is 0 Å². The number of rotatable bonds is 6. The molecule has 0 aromatic heterocycles. The zero-order valence-corrected chi connectivity index (χ0v) is 17.4. The van der Waals surface area contributed by atoms with Crippen molar-refractivity contribution in [3.05, 3.63) is 0 Å². The summed E-state index contributed by atoms with van der Waals surface area (Å²) >= 11 is 0. The zero-order valence-electron chi connectivity index (χ0n) is 17.4. The molecular weight excluding hydrogens is 352 g/mol. The summed E-state index contributed by atoms with van der Waals surface area (Å²) in [6.07, 6.45) is 14.2. The Balaban J connectivity index is 1.06. The molecule has 0 radical (unpaired) electrons. The summed E-state index contributed by atoms with van der Waals surface area (Å²) in [4.78, 5) is 17.6. The van der Waals surface area contributed by atoms with Crippen molar-refractivity contribution >= 4 is 5.91 Å². The van der Waals surface area contributed by atoms with E-state index in [1.807, 2.05) is 0 Å². The molecule has 0 N–H and O–H groups in total. The second-order valence-corrected chi connectivity index (χ2v) is 10.1. The van der Waals surface area contributed by atoms with Gasteiger partial charge in [-0.3, -0.25) is 4.79 Å². The van der Waals surface area contributed by atoms with E-state index in [1.165, 1.54) is 58.0 Å². The SMILES string of the molecule is O=C1CO[C@@H]2CCC[C@@H]2N1C1CCN(C2CCC(COCC3CC3)CC2)CC1. The summed E-state index contributed by atoms with van der Waals surface area (Å²) in [6, 6.07) is 1.58. The summed E-state index contributed by atoms with van der Waals surface area (Å²) in [5.74, 6) is 1.92. The number of carbonyl (C=O) groups excluding carboxylic acids is 1. The van der Waals surface area contributed by atoms with E-state index in [4.69, 9.17) is 9.47 Å². The second-order valence-electron chi connectivity index (χ2n) is 10.1. The Morgan fingerprint density at radius 2 is 1.50 bits per heavy atom. The Hall–Kier alpha value is -0.650. The molecule has 158 valence electrons. The standard InChI is InChI=1S/C23H38N2O3/c26-23-16-28-22-3-1-2-21(22)25(23)20-10-12-24(13-11-20)19-8-6-18(7-9-19)15-27-14-17-4-5-17/h17-22H,1-16H2/t18?,19?,21-,22+/m0/s1. The van der Waals surface area contributed by atoms with Crippen LogP contribution >= 0.6 is 0 Å². The number of fused-ring (bicyclic) bond motifs is 1. The monoisotopic (exact) mass is 390 g/mol. The largest absolute Gasteiger partial charge is 0.381 e. The lowest BCUT2D eigenvalue weighted by molar-refractivity contribution is -0.160. The predicted molar refractivity (Wildman–Crippen MR) is 108 cm³/mol. The van der Waals surface area contributed by atoms with E-state index in [0.717, 1.165) is 56.8 Å². The first-order valence-corrected chi connectivity index (χ1v) is 12.0. The van der Waals surface area contributed by atoms with Gasteiger partial charge in [0.1, 0.15) is 6.61 Å². The third-order valence-corrected chi connectivity index (χ3v) is 8.11. The highest BCUT2D eigenvalue weighted by molar-refractivity contribution is 5.79. The van der Waals surface area contributed by atoms with Crippen LogP contribution in [-0.4, -0.2) is 72.8 Å². The number of piperidine rings is 1. The van der Waals surface area contributed by atoms with Crippen molar-refractivity contribution in [3.63, 3.8) is 0 Å². The number of hydrogen-bond donors (Lipinski definition) is 0. The van der Waals surface area contributed by atoms with E-state index in [1.54, 1.807) is 0 Å². The molecule has 0 spiro atoms. The third kappa shape index (κ3) is 4.27. The number of nitrogens with zero attached hydrogens (tertiary/aromatic N) is 2. The number of ether oxygens (including phenoxy) is 2. The summed E-state index contributed by atoms with van der Waals surface area (Å²) in [5.41, 5.74) is 0. The van der Waals surface area contributed by atoms with Crippen LogP contribution in [0.3, 0.4) is 0 Å². The average molecular weight is 391 g/mol. The topological polar surface area (TPSA) is 42.0 Å². The van der Waals surface area contributed by atoms with Gasteiger partial charge in [-0.2, -0.15) is 0 Å². The molecule has 0 bridgehead atoms. The summed E-state index contributed by atoms with van der Waals surface area (Å²) in [5, 5.41) is 0. The van der Waals surface area contributed by atoms with Gasteiger partial charge in [0, 0.05) is 38.4 Å². The Bertz CT molecular complexity index is 536. The van der Waals surface area contributed by atoms with E-state index in [2.05, 4.69) is 9.80 Å². The van der Waals surface area contributed by atoms with Crippen LogP contribution in [0.15, 0.2) is 0 Å². The molecular formula is C23H38N2O3. The lowest BCUT2D eigenvalue weighted by atomic mass is 9.84. The highest BCUT2D eigenvalue weighted by Gasteiger charge is 2.43. The summed E-state index contributed by atoms with van der Waals surface area (Å²) in [6.45, 7) is 4.65. The highest BCUT2D eigenvalue weighted by Crippen LogP contribution is 2.35. The minimum atomic E-state index is 0.244. The molecule has 2 saturated heterocycles. The van der Waals surface area contributed by atoms with Gasteiger partial charge in [-0.15, -0.1) is 0 Å². The highest BCUT2D eigenvalue weighted by atomic mass is 16.5. The number of hydrogen-bond acceptors (Lipinski definition) is 4. The molecule has 0 unspecified atom stereocenters. The molecule has 3 aliphatic carbocycles. The lowest BCUT2D eigenvalue weighted by Crippen LogP contribution is -2.59. The molecule has 2 aliphatic heterocycles. The maximum Gasteiger partial charge on any atom is 0.249 e. The van der Waals surface area contributed by atoms with Gasteiger partial charge in [0.25, 0.3) is 0 Å². The molecule has 2 atom stereocenters. The van der Waals surface area contributed by atoms with Crippen molar-refractivity contribution in [1.82, 2.24) is 9.80 Å². The van der Waals surface area contributed by atoms with Crippen LogP contribution < -0.4 is 0 Å². The minimum Gasteiger partial charge on any atom is -0.381 e. The molecule has 2 heterocycles. The van der Waals surface area contributed by atoms with E-state index >= 15 is 0 Å². The van der Waals surface area contributed by atoms with Crippen LogP contribution in [0.25, 0.3) is 0 Å². The van der Waals surface area contributed by atoms with Crippen molar-refractivity contribution in [3.8, 4) is 0 Å². The van der Waals surface area contributed by atoms with Crippen molar-refractivity contribution in [2.24, 2.45) is 11.8 Å². The van der Waals surface area contributed by atoms with Gasteiger partial charge in [-0.25, -0.2) is 0 Å². The third-order valence-electron chi connectivity index (χ3n) is 8.11. The average Bonchev–Trinajstić information content (AvgIpc) is 3.43. The van der Waals surface area contributed by atoms with Crippen LogP contribution in [0.2, 0.25) is 0 Å². The zero-order chi connectivity index (χ0) is 18.9. The van der Waals surface area contributed by atoms with Crippen molar-refractivity contribution in [1.29, 1.82) is 0 Å². The Kier molecular flexibility index (Phi) is 5.94. The first-order valence-electron chi connectivity index (χ1n) is 12.0. The van der Waals surface area contributed by atoms with Crippen LogP contribution in [-0.2, 0) is 14.3 Å². The maximum absolute atomic E-state index is 12.6. The fourth-order valence-electron chi connectivity index (χ4n) is 6.22. The van der Waals surface area contributed by atoms with Gasteiger partial charge >= 0.3 is 0 Å². The van der Waals surface area contributed by atoms with Crippen molar-refractivity contribution < 1.29 is 14.3 Å². The number of morpholine rings is 1. The predicted octanol–water partition coefficient (Wildman–Crippen LogP) is 3.22. The Morgan fingerprint density at radius 1 is 0.821 bits per heavy atom. The molecule has 5 nitrogen and oxygen atoms in total. The smallest absolute Gasteiger partial charge is 0.249 e. The number of likely N-dealkylation sites (tertiary alicyclic amines) is 1. The fourth-order valence-corrected chi connectivity index (χ4v) is 6.22. The normalized spacial score (nSPS) is 38.0. The molecule has 5 aliphatic rings. The number of amides is 1. The first kappa shape index (κ1) is 19.3. The molecule has 5 rings (SSSR count). The van der Waals surface area contributed by atoms with Crippen LogP contribution in [0.5, 0.6) is 0 Å². The molecule has 5 heteroatoms. The van der Waals surface area contributed by atoms with Crippen LogP contribution in [0, 0.1) is 11.8 Å². The van der Waals surface area contributed by atoms with Crippen LogP contribution in [0.1, 0.15) is 70.6 Å². The fraction of sp³-hybridized carbons (Fsp3) is 0.957. The quantitative estimate of drug-likeness (QED) is 0.698.